The van der Waals surface area contributed by atoms with Crippen molar-refractivity contribution in [2.75, 3.05) is 32.7 Å². The molecule has 1 fully saturated rings. The molecule has 1 aromatic rings. The summed E-state index contributed by atoms with van der Waals surface area (Å²) in [6.07, 6.45) is 3.17. The Morgan fingerprint density at radius 2 is 1.90 bits per heavy atom. The highest BCUT2D eigenvalue weighted by atomic mass is 16.2. The van der Waals surface area contributed by atoms with Gasteiger partial charge in [-0.15, -0.1) is 0 Å². The van der Waals surface area contributed by atoms with E-state index in [1.807, 2.05) is 18.0 Å². The van der Waals surface area contributed by atoms with Crippen LogP contribution in [-0.4, -0.2) is 58.2 Å². The maximum Gasteiger partial charge on any atom is 0.272 e. The van der Waals surface area contributed by atoms with Crippen LogP contribution in [-0.2, 0) is 13.5 Å². The number of hydrogen-bond acceptors (Lipinski definition) is 3. The highest BCUT2D eigenvalue weighted by Gasteiger charge is 2.24. The van der Waals surface area contributed by atoms with Gasteiger partial charge in [0.05, 0.1) is 5.69 Å². The third kappa shape index (κ3) is 3.39. The maximum absolute atomic E-state index is 12.5. The zero-order valence-electron chi connectivity index (χ0n) is 12.9. The molecule has 5 heteroatoms. The van der Waals surface area contributed by atoms with Crippen LogP contribution in [0.1, 0.15) is 42.9 Å². The van der Waals surface area contributed by atoms with Gasteiger partial charge in [0.25, 0.3) is 5.91 Å². The standard InChI is InChI=1S/C15H26N4O/c1-4-6-13-12-14(17(3)16-13)15(20)19-10-8-18(7-5-2)9-11-19/h12H,4-11H2,1-3H3. The van der Waals surface area contributed by atoms with Crippen LogP contribution in [0, 0.1) is 0 Å². The van der Waals surface area contributed by atoms with E-state index in [1.54, 1.807) is 4.68 Å². The number of carbonyl (C=O) groups is 1. The first kappa shape index (κ1) is 15.0. The molecule has 1 aliphatic rings. The fraction of sp³-hybridized carbons (Fsp3) is 0.733. The molecule has 0 unspecified atom stereocenters. The first-order valence-electron chi connectivity index (χ1n) is 7.70. The average molecular weight is 278 g/mol. The summed E-state index contributed by atoms with van der Waals surface area (Å²) in [5, 5.41) is 4.42. The molecule has 1 amide bonds. The lowest BCUT2D eigenvalue weighted by Gasteiger charge is -2.34. The zero-order valence-corrected chi connectivity index (χ0v) is 12.9. The third-order valence-electron chi connectivity index (χ3n) is 3.86. The molecule has 1 saturated heterocycles. The summed E-state index contributed by atoms with van der Waals surface area (Å²) in [6.45, 7) is 9.08. The number of rotatable bonds is 5. The van der Waals surface area contributed by atoms with Gasteiger partial charge in [-0.3, -0.25) is 14.4 Å². The van der Waals surface area contributed by atoms with E-state index in [1.165, 1.54) is 6.42 Å². The smallest absolute Gasteiger partial charge is 0.272 e. The molecule has 2 rings (SSSR count). The van der Waals surface area contributed by atoms with Gasteiger partial charge in [0, 0.05) is 33.2 Å². The molecule has 112 valence electrons. The SMILES string of the molecule is CCCc1cc(C(=O)N2CCN(CCC)CC2)n(C)n1. The van der Waals surface area contributed by atoms with Crippen LogP contribution in [0.4, 0.5) is 0 Å². The van der Waals surface area contributed by atoms with Crippen molar-refractivity contribution in [1.82, 2.24) is 19.6 Å². The topological polar surface area (TPSA) is 41.4 Å². The van der Waals surface area contributed by atoms with E-state index in [2.05, 4.69) is 23.8 Å². The van der Waals surface area contributed by atoms with E-state index in [-0.39, 0.29) is 5.91 Å². The molecule has 0 radical (unpaired) electrons. The summed E-state index contributed by atoms with van der Waals surface area (Å²) in [7, 11) is 1.86. The van der Waals surface area contributed by atoms with Gasteiger partial charge in [0.15, 0.2) is 0 Å². The predicted octanol–water partition coefficient (Wildman–Crippen LogP) is 1.54. The Hall–Kier alpha value is -1.36. The summed E-state index contributed by atoms with van der Waals surface area (Å²) >= 11 is 0. The Balaban J connectivity index is 1.98. The minimum Gasteiger partial charge on any atom is -0.335 e. The number of piperazine rings is 1. The quantitative estimate of drug-likeness (QED) is 0.820. The van der Waals surface area contributed by atoms with Crippen LogP contribution in [0.25, 0.3) is 0 Å². The Morgan fingerprint density at radius 3 is 2.50 bits per heavy atom. The number of hydrogen-bond donors (Lipinski definition) is 0. The van der Waals surface area contributed by atoms with E-state index >= 15 is 0 Å². The molecule has 2 heterocycles. The van der Waals surface area contributed by atoms with E-state index < -0.39 is 0 Å². The van der Waals surface area contributed by atoms with Crippen molar-refractivity contribution in [3.05, 3.63) is 17.5 Å². The van der Waals surface area contributed by atoms with Crippen molar-refractivity contribution >= 4 is 5.91 Å². The van der Waals surface area contributed by atoms with Crippen LogP contribution < -0.4 is 0 Å². The second kappa shape index (κ2) is 6.88. The summed E-state index contributed by atoms with van der Waals surface area (Å²) in [6, 6.07) is 1.95. The zero-order chi connectivity index (χ0) is 14.5. The summed E-state index contributed by atoms with van der Waals surface area (Å²) < 4.78 is 1.73. The first-order chi connectivity index (χ1) is 9.65. The highest BCUT2D eigenvalue weighted by molar-refractivity contribution is 5.92. The normalized spacial score (nSPS) is 16.6. The minimum absolute atomic E-state index is 0.124. The second-order valence-electron chi connectivity index (χ2n) is 5.53. The Labute approximate surface area is 121 Å². The van der Waals surface area contributed by atoms with Crippen molar-refractivity contribution in [2.45, 2.75) is 33.1 Å². The van der Waals surface area contributed by atoms with Crippen molar-refractivity contribution in [3.8, 4) is 0 Å². The number of aryl methyl sites for hydroxylation is 2. The molecule has 5 nitrogen and oxygen atoms in total. The average Bonchev–Trinajstić information content (AvgIpc) is 2.80. The van der Waals surface area contributed by atoms with Crippen LogP contribution in [0.3, 0.4) is 0 Å². The van der Waals surface area contributed by atoms with Gasteiger partial charge in [-0.2, -0.15) is 5.10 Å². The highest BCUT2D eigenvalue weighted by Crippen LogP contribution is 2.11. The Bertz CT molecular complexity index is 447. The number of aromatic nitrogens is 2. The molecule has 1 aliphatic heterocycles. The van der Waals surface area contributed by atoms with Crippen molar-refractivity contribution in [3.63, 3.8) is 0 Å². The van der Waals surface area contributed by atoms with E-state index in [4.69, 9.17) is 0 Å². The molecule has 0 N–H and O–H groups in total. The Morgan fingerprint density at radius 1 is 1.20 bits per heavy atom. The van der Waals surface area contributed by atoms with Gasteiger partial charge in [-0.05, 0) is 25.5 Å². The van der Waals surface area contributed by atoms with E-state index in [9.17, 15) is 4.79 Å². The maximum atomic E-state index is 12.5. The second-order valence-corrected chi connectivity index (χ2v) is 5.53. The summed E-state index contributed by atoms with van der Waals surface area (Å²) in [5.74, 6) is 0.124. The number of carbonyl (C=O) groups excluding carboxylic acids is 1. The van der Waals surface area contributed by atoms with Gasteiger partial charge >= 0.3 is 0 Å². The lowest BCUT2D eigenvalue weighted by Crippen LogP contribution is -2.49. The largest absolute Gasteiger partial charge is 0.335 e. The summed E-state index contributed by atoms with van der Waals surface area (Å²) in [5.41, 5.74) is 1.74. The molecule has 0 atom stereocenters. The van der Waals surface area contributed by atoms with Gasteiger partial charge in [-0.1, -0.05) is 20.3 Å². The molecule has 0 aromatic carbocycles. The molecular weight excluding hydrogens is 252 g/mol. The van der Waals surface area contributed by atoms with Crippen molar-refractivity contribution in [2.24, 2.45) is 7.05 Å². The Kier molecular flexibility index (Phi) is 5.17. The molecule has 0 aliphatic carbocycles. The van der Waals surface area contributed by atoms with E-state index in [0.29, 0.717) is 0 Å². The van der Waals surface area contributed by atoms with Gasteiger partial charge in [0.1, 0.15) is 5.69 Å². The van der Waals surface area contributed by atoms with Crippen LogP contribution in [0.5, 0.6) is 0 Å². The number of amides is 1. The van der Waals surface area contributed by atoms with Gasteiger partial charge in [0.2, 0.25) is 0 Å². The van der Waals surface area contributed by atoms with Crippen LogP contribution >= 0.6 is 0 Å². The molecule has 0 bridgehead atoms. The fourth-order valence-corrected chi connectivity index (χ4v) is 2.76. The minimum atomic E-state index is 0.124. The predicted molar refractivity (Wildman–Crippen MR) is 79.8 cm³/mol. The molecular formula is C15H26N4O. The van der Waals surface area contributed by atoms with Gasteiger partial charge in [-0.25, -0.2) is 0 Å². The van der Waals surface area contributed by atoms with E-state index in [0.717, 1.165) is 57.0 Å². The third-order valence-corrected chi connectivity index (χ3v) is 3.86. The monoisotopic (exact) mass is 278 g/mol. The van der Waals surface area contributed by atoms with Crippen LogP contribution in [0.2, 0.25) is 0 Å². The molecule has 20 heavy (non-hydrogen) atoms. The van der Waals surface area contributed by atoms with Gasteiger partial charge < -0.3 is 4.90 Å². The molecule has 0 saturated carbocycles. The van der Waals surface area contributed by atoms with Crippen molar-refractivity contribution in [1.29, 1.82) is 0 Å². The lowest BCUT2D eigenvalue weighted by molar-refractivity contribution is 0.0626. The molecule has 0 spiro atoms. The summed E-state index contributed by atoms with van der Waals surface area (Å²) in [4.78, 5) is 16.9. The van der Waals surface area contributed by atoms with Crippen molar-refractivity contribution < 1.29 is 4.79 Å². The fourth-order valence-electron chi connectivity index (χ4n) is 2.76. The lowest BCUT2D eigenvalue weighted by atomic mass is 10.2. The number of nitrogens with zero attached hydrogens (tertiary/aromatic N) is 4. The van der Waals surface area contributed by atoms with Crippen LogP contribution in [0.15, 0.2) is 6.07 Å². The molecule has 1 aromatic heterocycles. The first-order valence-corrected chi connectivity index (χ1v) is 7.70.